The molecule has 1 aliphatic heterocycles. The van der Waals surface area contributed by atoms with E-state index in [1.807, 2.05) is 30.3 Å². The molecule has 0 bridgehead atoms. The highest BCUT2D eigenvalue weighted by Crippen LogP contribution is 2.25. The molecule has 0 saturated carbocycles. The number of nitrogens with one attached hydrogen (secondary N) is 1. The minimum absolute atomic E-state index is 0.0369. The summed E-state index contributed by atoms with van der Waals surface area (Å²) < 4.78 is 23.7. The lowest BCUT2D eigenvalue weighted by Gasteiger charge is -2.33. The van der Waals surface area contributed by atoms with Crippen LogP contribution < -0.4 is 10.5 Å². The molecule has 2 aromatic carbocycles. The molecule has 0 aromatic heterocycles. The van der Waals surface area contributed by atoms with Crippen molar-refractivity contribution >= 4 is 27.3 Å². The number of likely N-dealkylation sites (tertiary alicyclic amines) is 1. The highest BCUT2D eigenvalue weighted by molar-refractivity contribution is 7.89. The number of nitrogens with zero attached hydrogens (tertiary/aromatic N) is 2. The molecule has 3 rings (SSSR count). The molecule has 1 fully saturated rings. The van der Waals surface area contributed by atoms with E-state index in [0.29, 0.717) is 5.69 Å². The van der Waals surface area contributed by atoms with Crippen LogP contribution in [0.25, 0.3) is 0 Å². The van der Waals surface area contributed by atoms with Gasteiger partial charge in [0.25, 0.3) is 0 Å². The predicted molar refractivity (Wildman–Crippen MR) is 106 cm³/mol. The van der Waals surface area contributed by atoms with Gasteiger partial charge in [-0.25, -0.2) is 13.6 Å². The first kappa shape index (κ1) is 19.6. The summed E-state index contributed by atoms with van der Waals surface area (Å²) in [7, 11) is -3.91. The minimum Gasteiger partial charge on any atom is -0.381 e. The monoisotopic (exact) mass is 404 g/mol. The summed E-state index contributed by atoms with van der Waals surface area (Å²) in [6.07, 6.45) is 1.77. The van der Waals surface area contributed by atoms with E-state index in [2.05, 4.69) is 10.2 Å². The molecule has 6 nitrogen and oxygen atoms in total. The highest BCUT2D eigenvalue weighted by Gasteiger charge is 2.22. The third kappa shape index (κ3) is 5.21. The Morgan fingerprint density at radius 2 is 1.85 bits per heavy atom. The third-order valence-electron chi connectivity index (χ3n) is 4.68. The molecule has 0 aliphatic carbocycles. The van der Waals surface area contributed by atoms with Gasteiger partial charge in [0.1, 0.15) is 4.90 Å². The zero-order chi connectivity index (χ0) is 19.4. The number of nitriles is 1. The zero-order valence-corrected chi connectivity index (χ0v) is 16.3. The van der Waals surface area contributed by atoms with Gasteiger partial charge in [0.05, 0.1) is 17.3 Å². The van der Waals surface area contributed by atoms with Crippen molar-refractivity contribution in [3.8, 4) is 6.07 Å². The molecular formula is C19H21ClN4O2S. The van der Waals surface area contributed by atoms with E-state index in [-0.39, 0.29) is 16.5 Å². The van der Waals surface area contributed by atoms with Crippen molar-refractivity contribution in [2.24, 2.45) is 5.14 Å². The van der Waals surface area contributed by atoms with Gasteiger partial charge >= 0.3 is 0 Å². The van der Waals surface area contributed by atoms with Crippen molar-refractivity contribution in [2.45, 2.75) is 30.3 Å². The van der Waals surface area contributed by atoms with Crippen molar-refractivity contribution in [1.29, 1.82) is 5.26 Å². The van der Waals surface area contributed by atoms with Gasteiger partial charge < -0.3 is 5.32 Å². The molecule has 1 heterocycles. The van der Waals surface area contributed by atoms with Gasteiger partial charge in [0.2, 0.25) is 10.0 Å². The van der Waals surface area contributed by atoms with Crippen LogP contribution in [0, 0.1) is 11.3 Å². The Balaban J connectivity index is 1.62. The Labute approximate surface area is 164 Å². The number of piperidine rings is 1. The largest absolute Gasteiger partial charge is 0.381 e. The van der Waals surface area contributed by atoms with Crippen molar-refractivity contribution in [2.75, 3.05) is 18.4 Å². The molecule has 0 spiro atoms. The number of anilines is 1. The number of halogens is 1. The molecule has 8 heteroatoms. The average Bonchev–Trinajstić information content (AvgIpc) is 2.64. The van der Waals surface area contributed by atoms with E-state index in [9.17, 15) is 8.42 Å². The Morgan fingerprint density at radius 3 is 2.44 bits per heavy atom. The molecule has 0 radical (unpaired) electrons. The second kappa shape index (κ2) is 8.28. The molecule has 2 aromatic rings. The number of primary sulfonamides is 1. The molecule has 1 saturated heterocycles. The average molecular weight is 405 g/mol. The van der Waals surface area contributed by atoms with Crippen molar-refractivity contribution in [3.63, 3.8) is 0 Å². The summed E-state index contributed by atoms with van der Waals surface area (Å²) in [6, 6.07) is 14.5. The van der Waals surface area contributed by atoms with E-state index in [4.69, 9.17) is 22.0 Å². The molecule has 0 atom stereocenters. The quantitative estimate of drug-likeness (QED) is 0.798. The van der Waals surface area contributed by atoms with Gasteiger partial charge in [0, 0.05) is 30.7 Å². The van der Waals surface area contributed by atoms with Crippen LogP contribution in [0.5, 0.6) is 0 Å². The smallest absolute Gasteiger partial charge is 0.240 e. The lowest BCUT2D eigenvalue weighted by molar-refractivity contribution is 0.211. The number of benzene rings is 2. The van der Waals surface area contributed by atoms with Gasteiger partial charge in [-0.05, 0) is 48.7 Å². The maximum Gasteiger partial charge on any atom is 0.240 e. The topological polar surface area (TPSA) is 99.2 Å². The molecule has 142 valence electrons. The second-order valence-corrected chi connectivity index (χ2v) is 8.66. The minimum atomic E-state index is -3.91. The first-order chi connectivity index (χ1) is 12.8. The van der Waals surface area contributed by atoms with Crippen LogP contribution in [0.4, 0.5) is 5.69 Å². The normalized spacial score (nSPS) is 16.0. The maximum atomic E-state index is 11.9. The van der Waals surface area contributed by atoms with Crippen LogP contribution in [-0.4, -0.2) is 32.4 Å². The van der Waals surface area contributed by atoms with Crippen LogP contribution in [0.2, 0.25) is 5.02 Å². The number of hydrogen-bond donors (Lipinski definition) is 2. The van der Waals surface area contributed by atoms with Crippen LogP contribution in [-0.2, 0) is 16.6 Å². The predicted octanol–water partition coefficient (Wildman–Crippen LogP) is 2.94. The fraction of sp³-hybridized carbons (Fsp3) is 0.316. The molecule has 27 heavy (non-hydrogen) atoms. The van der Waals surface area contributed by atoms with E-state index in [1.165, 1.54) is 11.6 Å². The Bertz CT molecular complexity index is 947. The van der Waals surface area contributed by atoms with Crippen molar-refractivity contribution < 1.29 is 8.42 Å². The Morgan fingerprint density at radius 1 is 1.19 bits per heavy atom. The van der Waals surface area contributed by atoms with Gasteiger partial charge in [-0.1, -0.05) is 23.7 Å². The van der Waals surface area contributed by atoms with Crippen molar-refractivity contribution in [1.82, 2.24) is 4.90 Å². The van der Waals surface area contributed by atoms with Gasteiger partial charge in [0.15, 0.2) is 0 Å². The number of nitrogens with two attached hydrogens (primary N) is 1. The molecule has 1 aliphatic rings. The summed E-state index contributed by atoms with van der Waals surface area (Å²) in [5.74, 6) is 0. The lowest BCUT2D eigenvalue weighted by Crippen LogP contribution is -2.39. The Kier molecular flexibility index (Phi) is 6.02. The third-order valence-corrected chi connectivity index (χ3v) is 5.89. The van der Waals surface area contributed by atoms with Crippen LogP contribution >= 0.6 is 11.6 Å². The van der Waals surface area contributed by atoms with E-state index < -0.39 is 10.0 Å². The molecule has 0 unspecified atom stereocenters. The first-order valence-electron chi connectivity index (χ1n) is 8.65. The SMILES string of the molecule is N#Cc1ccc(NC2CCN(Cc3ccc(Cl)cc3)CC2)c(S(N)(=O)=O)c1. The number of sulfonamides is 1. The zero-order valence-electron chi connectivity index (χ0n) is 14.7. The summed E-state index contributed by atoms with van der Waals surface area (Å²) in [6.45, 7) is 2.67. The van der Waals surface area contributed by atoms with E-state index in [1.54, 1.807) is 12.1 Å². The van der Waals surface area contributed by atoms with Gasteiger partial charge in [-0.15, -0.1) is 0 Å². The summed E-state index contributed by atoms with van der Waals surface area (Å²) in [5, 5.41) is 18.3. The molecular weight excluding hydrogens is 384 g/mol. The maximum absolute atomic E-state index is 11.9. The van der Waals surface area contributed by atoms with Crippen LogP contribution in [0.1, 0.15) is 24.0 Å². The summed E-state index contributed by atoms with van der Waals surface area (Å²) >= 11 is 5.92. The van der Waals surface area contributed by atoms with Crippen LogP contribution in [0.3, 0.4) is 0 Å². The molecule has 3 N–H and O–H groups in total. The first-order valence-corrected chi connectivity index (χ1v) is 10.6. The van der Waals surface area contributed by atoms with Crippen LogP contribution in [0.15, 0.2) is 47.4 Å². The van der Waals surface area contributed by atoms with E-state index >= 15 is 0 Å². The highest BCUT2D eigenvalue weighted by atomic mass is 35.5. The fourth-order valence-corrected chi connectivity index (χ4v) is 4.10. The Hall–Kier alpha value is -2.11. The van der Waals surface area contributed by atoms with Gasteiger partial charge in [-0.2, -0.15) is 5.26 Å². The van der Waals surface area contributed by atoms with Gasteiger partial charge in [-0.3, -0.25) is 4.90 Å². The number of hydrogen-bond acceptors (Lipinski definition) is 5. The number of rotatable bonds is 5. The fourth-order valence-electron chi connectivity index (χ4n) is 3.25. The van der Waals surface area contributed by atoms with Crippen molar-refractivity contribution in [3.05, 3.63) is 58.6 Å². The summed E-state index contributed by atoms with van der Waals surface area (Å²) in [5.41, 5.74) is 1.93. The lowest BCUT2D eigenvalue weighted by atomic mass is 10.0. The standard InChI is InChI=1S/C19H21ClN4O2S/c20-16-4-1-14(2-5-16)13-24-9-7-17(8-10-24)23-18-6-3-15(12-21)11-19(18)27(22,25)26/h1-6,11,17,23H,7-10,13H2,(H2,22,25,26). The molecule has 0 amide bonds. The second-order valence-electron chi connectivity index (χ2n) is 6.69. The van der Waals surface area contributed by atoms with E-state index in [0.717, 1.165) is 37.5 Å². The summed E-state index contributed by atoms with van der Waals surface area (Å²) in [4.78, 5) is 2.32.